The van der Waals surface area contributed by atoms with Gasteiger partial charge in [0.1, 0.15) is 29.1 Å². The Balaban J connectivity index is 1.53. The van der Waals surface area contributed by atoms with Gasteiger partial charge in [-0.05, 0) is 31.8 Å². The van der Waals surface area contributed by atoms with E-state index in [1.165, 1.54) is 13.0 Å². The summed E-state index contributed by atoms with van der Waals surface area (Å²) in [6, 6.07) is 13.0. The van der Waals surface area contributed by atoms with Gasteiger partial charge in [0.2, 0.25) is 11.7 Å². The summed E-state index contributed by atoms with van der Waals surface area (Å²) in [5.41, 5.74) is 8.57. The van der Waals surface area contributed by atoms with Crippen LogP contribution in [-0.4, -0.2) is 45.0 Å². The number of rotatable bonds is 9. The Morgan fingerprint density at radius 3 is 2.74 bits per heavy atom. The van der Waals surface area contributed by atoms with Crippen LogP contribution in [0, 0.1) is 5.92 Å². The molecule has 2 heterocycles. The number of nitrogens with two attached hydrogens (primary N) is 1. The van der Waals surface area contributed by atoms with Gasteiger partial charge in [0, 0.05) is 30.4 Å². The molecule has 10 nitrogen and oxygen atoms in total. The zero-order chi connectivity index (χ0) is 24.1. The molecular formula is C24H27N7O3. The third-order valence-electron chi connectivity index (χ3n) is 5.26. The van der Waals surface area contributed by atoms with Crippen molar-refractivity contribution in [2.24, 2.45) is 16.6 Å². The zero-order valence-electron chi connectivity index (χ0n) is 19.0. The van der Waals surface area contributed by atoms with Gasteiger partial charge >= 0.3 is 0 Å². The highest BCUT2D eigenvalue weighted by atomic mass is 16.5. The summed E-state index contributed by atoms with van der Waals surface area (Å²) in [5.74, 6) is 1.46. The number of allylic oxidation sites excluding steroid dienone is 1. The van der Waals surface area contributed by atoms with Crippen LogP contribution in [0.5, 0.6) is 0 Å². The Bertz CT molecular complexity index is 1210. The molecule has 0 radical (unpaired) electrons. The fraction of sp³-hybridized carbons (Fsp3) is 0.292. The summed E-state index contributed by atoms with van der Waals surface area (Å²) in [5, 5.41) is 20.0. The molecule has 0 aliphatic heterocycles. The first-order valence-electron chi connectivity index (χ1n) is 11.0. The molecule has 10 heteroatoms. The van der Waals surface area contributed by atoms with Crippen molar-refractivity contribution in [2.75, 3.05) is 17.7 Å². The van der Waals surface area contributed by atoms with Gasteiger partial charge in [-0.3, -0.25) is 9.79 Å². The summed E-state index contributed by atoms with van der Waals surface area (Å²) in [4.78, 5) is 25.3. The maximum atomic E-state index is 12.4. The number of ketones is 1. The van der Waals surface area contributed by atoms with Crippen molar-refractivity contribution in [2.45, 2.75) is 32.4 Å². The summed E-state index contributed by atoms with van der Waals surface area (Å²) in [6.07, 6.45) is 2.70. The Kier molecular flexibility index (Phi) is 6.98. The highest BCUT2D eigenvalue weighted by molar-refractivity contribution is 6.04. The fourth-order valence-electron chi connectivity index (χ4n) is 3.22. The Morgan fingerprint density at radius 1 is 1.29 bits per heavy atom. The van der Waals surface area contributed by atoms with Gasteiger partial charge in [-0.1, -0.05) is 35.5 Å². The highest BCUT2D eigenvalue weighted by Gasteiger charge is 2.24. The van der Waals surface area contributed by atoms with E-state index in [2.05, 4.69) is 30.8 Å². The van der Waals surface area contributed by atoms with Crippen LogP contribution in [0.2, 0.25) is 0 Å². The number of carbonyl (C=O) groups excluding carboxylic acids is 1. The number of aliphatic hydroxyl groups excluding tert-OH is 1. The van der Waals surface area contributed by atoms with E-state index < -0.39 is 11.9 Å². The van der Waals surface area contributed by atoms with E-state index in [9.17, 15) is 9.90 Å². The summed E-state index contributed by atoms with van der Waals surface area (Å²) in [7, 11) is 1.63. The fourth-order valence-corrected chi connectivity index (χ4v) is 3.22. The molecule has 2 aromatic heterocycles. The number of aliphatic imine (C=N–C) groups is 1. The molecule has 1 saturated carbocycles. The van der Waals surface area contributed by atoms with E-state index in [-0.39, 0.29) is 18.2 Å². The van der Waals surface area contributed by atoms with Crippen molar-refractivity contribution in [3.8, 4) is 11.3 Å². The predicted molar refractivity (Wildman–Crippen MR) is 129 cm³/mol. The minimum absolute atomic E-state index is 0.0622. The van der Waals surface area contributed by atoms with Crippen LogP contribution in [0.1, 0.15) is 36.0 Å². The summed E-state index contributed by atoms with van der Waals surface area (Å²) in [6.45, 7) is 1.64. The van der Waals surface area contributed by atoms with Gasteiger partial charge in [0.05, 0.1) is 6.54 Å². The van der Waals surface area contributed by atoms with Crippen LogP contribution in [0.3, 0.4) is 0 Å². The first kappa shape index (κ1) is 23.1. The molecule has 0 saturated heterocycles. The van der Waals surface area contributed by atoms with Gasteiger partial charge in [0.15, 0.2) is 5.76 Å². The number of nitrogens with one attached hydrogen (secondary N) is 2. The van der Waals surface area contributed by atoms with Crippen LogP contribution < -0.4 is 16.4 Å². The van der Waals surface area contributed by atoms with E-state index in [1.54, 1.807) is 13.1 Å². The van der Waals surface area contributed by atoms with Crippen molar-refractivity contribution >= 4 is 23.4 Å². The normalized spacial score (nSPS) is 15.1. The molecule has 0 spiro atoms. The number of hydrogen-bond donors (Lipinski definition) is 4. The van der Waals surface area contributed by atoms with Crippen LogP contribution >= 0.6 is 0 Å². The molecule has 1 aliphatic carbocycles. The Morgan fingerprint density at radius 2 is 2.06 bits per heavy atom. The van der Waals surface area contributed by atoms with Crippen LogP contribution in [0.15, 0.2) is 63.8 Å². The van der Waals surface area contributed by atoms with Gasteiger partial charge in [-0.25, -0.2) is 4.98 Å². The smallest absolute Gasteiger partial charge is 0.225 e. The van der Waals surface area contributed by atoms with E-state index >= 15 is 0 Å². The number of benzene rings is 1. The van der Waals surface area contributed by atoms with E-state index in [4.69, 9.17) is 10.3 Å². The van der Waals surface area contributed by atoms with E-state index in [0.29, 0.717) is 29.0 Å². The Hall–Kier alpha value is -4.05. The topological polar surface area (TPSA) is 152 Å². The number of aromatic nitrogens is 3. The molecule has 4 rings (SSSR count). The van der Waals surface area contributed by atoms with Crippen molar-refractivity contribution in [3.05, 3.63) is 65.7 Å². The summed E-state index contributed by atoms with van der Waals surface area (Å²) >= 11 is 0. The molecule has 1 aromatic carbocycles. The lowest BCUT2D eigenvalue weighted by molar-refractivity contribution is 0.0774. The van der Waals surface area contributed by atoms with Crippen molar-refractivity contribution in [1.29, 1.82) is 0 Å². The second-order valence-corrected chi connectivity index (χ2v) is 8.05. The third-order valence-corrected chi connectivity index (χ3v) is 5.26. The first-order chi connectivity index (χ1) is 16.4. The van der Waals surface area contributed by atoms with Crippen LogP contribution in [0.25, 0.3) is 11.3 Å². The Labute approximate surface area is 197 Å². The lowest BCUT2D eigenvalue weighted by Gasteiger charge is -2.11. The molecular weight excluding hydrogens is 434 g/mol. The maximum absolute atomic E-state index is 12.4. The minimum Gasteiger partial charge on any atom is -0.402 e. The van der Waals surface area contributed by atoms with Gasteiger partial charge in [0.25, 0.3) is 0 Å². The van der Waals surface area contributed by atoms with E-state index in [1.807, 2.05) is 36.4 Å². The molecule has 1 fully saturated rings. The molecule has 3 aromatic rings. The van der Waals surface area contributed by atoms with Crippen molar-refractivity contribution in [1.82, 2.24) is 15.1 Å². The number of aliphatic hydroxyl groups is 1. The minimum atomic E-state index is -1.21. The van der Waals surface area contributed by atoms with Gasteiger partial charge < -0.3 is 26.0 Å². The number of carbonyl (C=O) groups is 1. The van der Waals surface area contributed by atoms with E-state index in [0.717, 1.165) is 24.1 Å². The molecule has 0 bridgehead atoms. The average Bonchev–Trinajstić information content (AvgIpc) is 3.60. The number of Topliss-reactive ketones (excluding diaryl/α,β-unsaturated/α-hetero) is 1. The quantitative estimate of drug-likeness (QED) is 0.214. The molecule has 34 heavy (non-hydrogen) atoms. The molecule has 1 aliphatic rings. The lowest BCUT2D eigenvalue weighted by Crippen LogP contribution is -2.20. The predicted octanol–water partition coefficient (Wildman–Crippen LogP) is 3.00. The second kappa shape index (κ2) is 10.3. The third kappa shape index (κ3) is 5.84. The molecule has 1 unspecified atom stereocenters. The van der Waals surface area contributed by atoms with Crippen LogP contribution in [0.4, 0.5) is 11.8 Å². The number of nitrogens with zero attached hydrogens (tertiary/aromatic N) is 4. The SMILES string of the molecule is C/N=C(\C=C(/N)C1CC1)Nc1cc(C(=O)C(C)O)nc(NCc2cc(-c3ccccc3)no2)n1. The second-order valence-electron chi connectivity index (χ2n) is 8.05. The van der Waals surface area contributed by atoms with Gasteiger partial charge in [-0.15, -0.1) is 0 Å². The van der Waals surface area contributed by atoms with Crippen LogP contribution in [-0.2, 0) is 6.54 Å². The molecule has 0 amide bonds. The van der Waals surface area contributed by atoms with Gasteiger partial charge in [-0.2, -0.15) is 4.98 Å². The summed E-state index contributed by atoms with van der Waals surface area (Å²) < 4.78 is 5.41. The average molecular weight is 462 g/mol. The number of hydrogen-bond acceptors (Lipinski definition) is 9. The maximum Gasteiger partial charge on any atom is 0.225 e. The largest absolute Gasteiger partial charge is 0.402 e. The molecule has 176 valence electrons. The number of amidine groups is 1. The first-order valence-corrected chi connectivity index (χ1v) is 11.0. The molecule has 1 atom stereocenters. The molecule has 5 N–H and O–H groups in total. The number of anilines is 2. The zero-order valence-corrected chi connectivity index (χ0v) is 19.0. The highest BCUT2D eigenvalue weighted by Crippen LogP contribution is 2.33. The lowest BCUT2D eigenvalue weighted by atomic mass is 10.1. The van der Waals surface area contributed by atoms with Crippen molar-refractivity contribution in [3.63, 3.8) is 0 Å². The standard InChI is InChI=1S/C24H27N7O3/c1-14(32)23(33)20-12-22(29-21(26-2)11-18(25)15-8-9-15)30-24(28-20)27-13-17-10-19(31-34-17)16-6-4-3-5-7-16/h3-7,10-12,14-15,32H,8-9,13,25H2,1-2H3,(H2,26,27,28,29,30)/b18-11-. The monoisotopic (exact) mass is 461 g/mol. The van der Waals surface area contributed by atoms with Crippen molar-refractivity contribution < 1.29 is 14.4 Å².